The standard InChI is InChI=1S/C12H9N3.C8H7IO.C8H8O.C5H6I2N2O2.C5H6N2.5C2H6.3CH3.6Y/c1-2-7-15-9-11(14-12(15)5-1)10-4-3-6-13-8-10;9-6-8(10)7-4-2-1-3-5-7;1-7(9)8-5-3-2-4-6-8;1-5(2)3(10)8(6)4(11)9(5)7;6-5-3-1-2-4-7-5;5*1-2;;;;;;;;;/h1-9H;1-5H,6H2;2-6H,1H3;1-2H3;1-4H,(H2,6,7);5*1-2H3;3*1H3;;;;;;/q;;;;;;;;;;3*-1;;;;;;. The van der Waals surface area contributed by atoms with Crippen LogP contribution in [0.15, 0.2) is 140 Å². The molecule has 2 N–H and O–H groups in total. The smallest absolute Gasteiger partial charge is 0.345 e. The Bertz CT molecular complexity index is 2040. The number of carbonyl (C=O) groups excluding carboxylic acids is 4. The van der Waals surface area contributed by atoms with Crippen molar-refractivity contribution in [2.24, 2.45) is 0 Å². The largest absolute Gasteiger partial charge is 0.384 e. The average Bonchev–Trinajstić information content (AvgIpc) is 3.84. The summed E-state index contributed by atoms with van der Waals surface area (Å²) in [6.45, 7) is 25.0. The number of nitrogens with zero attached hydrogens (tertiary/aromatic N) is 6. The van der Waals surface area contributed by atoms with Gasteiger partial charge in [-0.25, -0.2) is 14.8 Å². The molecule has 0 saturated carbocycles. The second kappa shape index (κ2) is 66.6. The van der Waals surface area contributed by atoms with Crippen molar-refractivity contribution in [2.75, 3.05) is 10.2 Å². The fourth-order valence-corrected chi connectivity index (χ4v) is 6.15. The number of fused-ring (bicyclic) bond motifs is 1. The number of ketones is 2. The van der Waals surface area contributed by atoms with Gasteiger partial charge in [0.05, 0.1) is 55.9 Å². The molecule has 0 spiro atoms. The van der Waals surface area contributed by atoms with Gasteiger partial charge in [-0.3, -0.25) is 22.5 Å². The van der Waals surface area contributed by atoms with Crippen LogP contribution in [0, 0.1) is 22.3 Å². The second-order valence-electron chi connectivity index (χ2n) is 11.1. The van der Waals surface area contributed by atoms with Crippen LogP contribution in [0.2, 0.25) is 0 Å². The van der Waals surface area contributed by atoms with E-state index in [2.05, 4.69) is 37.5 Å². The first-order valence-electron chi connectivity index (χ1n) is 20.6. The van der Waals surface area contributed by atoms with Crippen molar-refractivity contribution < 1.29 is 215 Å². The fraction of sp³-hybridized carbons (Fsp3) is 0.294. The summed E-state index contributed by atoms with van der Waals surface area (Å²) in [5.41, 5.74) is 9.08. The van der Waals surface area contributed by atoms with E-state index in [1.54, 1.807) is 62.1 Å². The predicted octanol–water partition coefficient (Wildman–Crippen LogP) is 15.4. The Morgan fingerprint density at radius 3 is 1.37 bits per heavy atom. The van der Waals surface area contributed by atoms with Crippen molar-refractivity contribution in [2.45, 2.75) is 95.5 Å². The zero-order valence-electron chi connectivity index (χ0n) is 45.0. The van der Waals surface area contributed by atoms with Gasteiger partial charge < -0.3 is 32.4 Å². The Hall–Kier alpha value is 2.32. The third kappa shape index (κ3) is 42.9. The summed E-state index contributed by atoms with van der Waals surface area (Å²) in [5.74, 6) is 0.719. The molecule has 1 fully saturated rings. The number of carbonyl (C=O) groups is 4. The molecule has 2 aromatic carbocycles. The molecule has 1 saturated heterocycles. The third-order valence-corrected chi connectivity index (χ3v) is 10.1. The molecule has 0 bridgehead atoms. The van der Waals surface area contributed by atoms with Crippen LogP contribution in [0.5, 0.6) is 0 Å². The number of amides is 3. The number of imide groups is 1. The molecule has 71 heavy (non-hydrogen) atoms. The minimum absolute atomic E-state index is 0. The van der Waals surface area contributed by atoms with Gasteiger partial charge in [0.15, 0.2) is 11.6 Å². The van der Waals surface area contributed by atoms with Gasteiger partial charge in [-0.1, -0.05) is 165 Å². The van der Waals surface area contributed by atoms with Crippen molar-refractivity contribution in [3.05, 3.63) is 174 Å². The average molecular weight is 1760 g/mol. The van der Waals surface area contributed by atoms with Crippen molar-refractivity contribution in [3.8, 4) is 11.3 Å². The molecule has 11 nitrogen and oxygen atoms in total. The third-order valence-electron chi connectivity index (χ3n) is 6.93. The number of anilines is 1. The number of Topliss-reactive ketones (excluding diaryl/α,β-unsaturated/α-hetero) is 2. The van der Waals surface area contributed by atoms with E-state index < -0.39 is 5.54 Å². The Balaban J connectivity index is -0.0000000577. The van der Waals surface area contributed by atoms with Crippen LogP contribution in [0.1, 0.15) is 111 Å². The number of hydrogen-bond donors (Lipinski definition) is 1. The maximum atomic E-state index is 11.3. The van der Waals surface area contributed by atoms with E-state index in [1.807, 2.05) is 218 Å². The molecule has 0 unspecified atom stereocenters. The maximum absolute atomic E-state index is 11.3. The summed E-state index contributed by atoms with van der Waals surface area (Å²) in [6.07, 6.45) is 9.24. The number of nitrogens with two attached hydrogens (primary N) is 1. The second-order valence-corrected chi connectivity index (χ2v) is 13.8. The van der Waals surface area contributed by atoms with E-state index in [0.717, 1.165) is 31.1 Å². The number of benzene rings is 2. The van der Waals surface area contributed by atoms with E-state index in [9.17, 15) is 19.2 Å². The summed E-state index contributed by atoms with van der Waals surface area (Å²) in [6, 6.07) is 33.6. The molecule has 380 valence electrons. The monoisotopic (exact) mass is 1760 g/mol. The molecule has 1 aliphatic heterocycles. The van der Waals surface area contributed by atoms with Gasteiger partial charge in [-0.2, -0.15) is 3.11 Å². The number of alkyl halides is 1. The molecular weight excluding hydrogens is 1690 g/mol. The normalized spacial score (nSPS) is 9.58. The minimum Gasteiger partial charge on any atom is -0.384 e. The van der Waals surface area contributed by atoms with Crippen LogP contribution in [0.4, 0.5) is 10.6 Å². The molecule has 6 radical (unpaired) electrons. The van der Waals surface area contributed by atoms with Crippen LogP contribution in [0.25, 0.3) is 16.9 Å². The zero-order valence-corrected chi connectivity index (χ0v) is 68.5. The molecule has 0 aliphatic carbocycles. The Morgan fingerprint density at radius 1 is 0.620 bits per heavy atom. The Kier molecular flexibility index (Phi) is 95.7. The summed E-state index contributed by atoms with van der Waals surface area (Å²) >= 11 is 5.63. The first-order chi connectivity index (χ1) is 29.9. The number of urea groups is 1. The Morgan fingerprint density at radius 2 is 1.07 bits per heavy atom. The maximum Gasteiger partial charge on any atom is 0.345 e. The van der Waals surface area contributed by atoms with E-state index in [4.69, 9.17) is 5.73 Å². The summed E-state index contributed by atoms with van der Waals surface area (Å²) < 4.78 is 5.06. The van der Waals surface area contributed by atoms with Crippen LogP contribution < -0.4 is 5.73 Å². The number of hydrogen-bond acceptors (Lipinski definition) is 8. The number of aromatic nitrogens is 4. The van der Waals surface area contributed by atoms with E-state index in [0.29, 0.717) is 10.2 Å². The molecule has 4 aromatic heterocycles. The van der Waals surface area contributed by atoms with Gasteiger partial charge in [0.25, 0.3) is 5.91 Å². The first-order valence-corrected chi connectivity index (χ1v) is 24.0. The quantitative estimate of drug-likeness (QED) is 0.0459. The van der Waals surface area contributed by atoms with Crippen molar-refractivity contribution in [3.63, 3.8) is 0 Å². The molecule has 6 aromatic rings. The zero-order chi connectivity index (χ0) is 48.1. The van der Waals surface area contributed by atoms with Crippen molar-refractivity contribution in [1.82, 2.24) is 25.6 Å². The van der Waals surface area contributed by atoms with Gasteiger partial charge in [-0.15, -0.1) is 0 Å². The van der Waals surface area contributed by atoms with E-state index in [1.165, 1.54) is 3.11 Å². The van der Waals surface area contributed by atoms with Crippen LogP contribution in [-0.2, 0) is 201 Å². The molecular formula is C51H75I3N7O4Y6-3. The molecule has 1 aliphatic rings. The number of halogens is 3. The number of imidazole rings is 1. The van der Waals surface area contributed by atoms with Crippen LogP contribution in [0.3, 0.4) is 0 Å². The first kappa shape index (κ1) is 102. The topological polar surface area (TPSA) is 144 Å². The van der Waals surface area contributed by atoms with Gasteiger partial charge >= 0.3 is 6.03 Å². The number of pyridine rings is 3. The van der Waals surface area contributed by atoms with Crippen molar-refractivity contribution >= 4 is 103 Å². The molecule has 0 atom stereocenters. The van der Waals surface area contributed by atoms with Gasteiger partial charge in [0.1, 0.15) is 17.0 Å². The minimum atomic E-state index is -0.696. The van der Waals surface area contributed by atoms with Crippen LogP contribution >= 0.6 is 68.3 Å². The SMILES string of the molecule is CC.CC.CC.CC.CC.CC(=O)c1ccccc1.CC1(C)C(=O)N(I)C(=O)N1I.Nc1ccccn1.O=C(CI)c1ccccc1.[CH3-].[CH3-].[CH3-].[Y].[Y].[Y].[Y].[Y].[Y].c1cncc(-c2cn3ccccc3n2)c1. The molecule has 20 heteroatoms. The van der Waals surface area contributed by atoms with E-state index in [-0.39, 0.29) is 242 Å². The summed E-state index contributed by atoms with van der Waals surface area (Å²) in [7, 11) is 0. The summed E-state index contributed by atoms with van der Waals surface area (Å²) in [5, 5.41) is 0. The van der Waals surface area contributed by atoms with Gasteiger partial charge in [0.2, 0.25) is 0 Å². The predicted molar refractivity (Wildman–Crippen MR) is 305 cm³/mol. The van der Waals surface area contributed by atoms with Gasteiger partial charge in [0, 0.05) is 244 Å². The van der Waals surface area contributed by atoms with Gasteiger partial charge in [-0.05, 0) is 57.2 Å². The molecule has 3 amide bonds. The molecule has 7 rings (SSSR count). The fourth-order valence-electron chi connectivity index (χ4n) is 4.07. The Labute approximate surface area is 623 Å². The van der Waals surface area contributed by atoms with Crippen LogP contribution in [-0.4, -0.2) is 59.1 Å². The van der Waals surface area contributed by atoms with Crippen molar-refractivity contribution in [1.29, 1.82) is 0 Å². The number of rotatable bonds is 4. The molecule has 5 heterocycles. The number of nitrogen functional groups attached to an aromatic ring is 1. The van der Waals surface area contributed by atoms with E-state index >= 15 is 0 Å². The summed E-state index contributed by atoms with van der Waals surface area (Å²) in [4.78, 5) is 56.4.